The predicted octanol–water partition coefficient (Wildman–Crippen LogP) is 1.43. The highest BCUT2D eigenvalue weighted by atomic mass is 19.1. The Bertz CT molecular complexity index is 354. The molecule has 1 aromatic rings. The fourth-order valence-electron chi connectivity index (χ4n) is 1.17. The van der Waals surface area contributed by atoms with E-state index in [1.165, 1.54) is 12.1 Å². The first-order valence-corrected chi connectivity index (χ1v) is 4.87. The Hall–Kier alpha value is -1.62. The van der Waals surface area contributed by atoms with Crippen LogP contribution in [0.3, 0.4) is 0 Å². The number of aliphatic carboxylic acids is 1. The minimum atomic E-state index is -1.07. The Morgan fingerprint density at radius 1 is 1.44 bits per heavy atom. The topological polar surface area (TPSA) is 66.8 Å². The van der Waals surface area contributed by atoms with Gasteiger partial charge in [-0.3, -0.25) is 4.79 Å². The number of ether oxygens (including phenoxy) is 1. The van der Waals surface area contributed by atoms with Crippen molar-refractivity contribution in [1.82, 2.24) is 0 Å². The molecular formula is C11H13FO4. The van der Waals surface area contributed by atoms with Crippen molar-refractivity contribution in [3.8, 4) is 5.75 Å². The van der Waals surface area contributed by atoms with Crippen LogP contribution in [0.2, 0.25) is 0 Å². The fraction of sp³-hybridized carbons (Fsp3) is 0.364. The van der Waals surface area contributed by atoms with Gasteiger partial charge in [0.2, 0.25) is 0 Å². The molecule has 1 unspecified atom stereocenters. The molecule has 0 saturated carbocycles. The number of carboxylic acid groups (broad SMARTS) is 1. The first kappa shape index (κ1) is 12.4. The molecule has 1 rings (SSSR count). The van der Waals surface area contributed by atoms with Crippen molar-refractivity contribution in [3.05, 3.63) is 30.1 Å². The van der Waals surface area contributed by atoms with E-state index in [9.17, 15) is 14.3 Å². The maximum Gasteiger partial charge on any atom is 0.305 e. The Morgan fingerprint density at radius 3 is 2.75 bits per heavy atom. The van der Waals surface area contributed by atoms with E-state index in [4.69, 9.17) is 9.84 Å². The van der Waals surface area contributed by atoms with Crippen LogP contribution >= 0.6 is 0 Å². The van der Waals surface area contributed by atoms with E-state index >= 15 is 0 Å². The molecule has 1 aromatic carbocycles. The maximum absolute atomic E-state index is 13.0. The summed E-state index contributed by atoms with van der Waals surface area (Å²) in [5.41, 5.74) is 0. The van der Waals surface area contributed by atoms with Crippen LogP contribution in [0.15, 0.2) is 24.3 Å². The van der Waals surface area contributed by atoms with Gasteiger partial charge < -0.3 is 14.9 Å². The van der Waals surface area contributed by atoms with E-state index in [2.05, 4.69) is 0 Å². The molecule has 0 saturated heterocycles. The number of para-hydroxylation sites is 1. The van der Waals surface area contributed by atoms with Crippen LogP contribution < -0.4 is 4.74 Å². The normalized spacial score (nSPS) is 12.1. The van der Waals surface area contributed by atoms with Crippen LogP contribution in [0.1, 0.15) is 12.8 Å². The summed E-state index contributed by atoms with van der Waals surface area (Å²) in [7, 11) is 0. The molecular weight excluding hydrogens is 215 g/mol. The molecule has 0 heterocycles. The molecule has 0 aliphatic heterocycles. The lowest BCUT2D eigenvalue weighted by atomic mass is 10.2. The number of hydrogen-bond donors (Lipinski definition) is 2. The average Bonchev–Trinajstić information content (AvgIpc) is 2.19. The van der Waals surface area contributed by atoms with Gasteiger partial charge in [0.1, 0.15) is 0 Å². The number of halogens is 1. The molecule has 0 amide bonds. The zero-order valence-electron chi connectivity index (χ0n) is 8.60. The average molecular weight is 228 g/mol. The van der Waals surface area contributed by atoms with Crippen molar-refractivity contribution >= 4 is 5.97 Å². The highest BCUT2D eigenvalue weighted by molar-refractivity contribution is 5.67. The third kappa shape index (κ3) is 4.27. The van der Waals surface area contributed by atoms with Crippen molar-refractivity contribution in [2.45, 2.75) is 18.9 Å². The van der Waals surface area contributed by atoms with E-state index in [-0.39, 0.29) is 25.2 Å². The van der Waals surface area contributed by atoms with E-state index in [1.807, 2.05) is 0 Å². The lowest BCUT2D eigenvalue weighted by Gasteiger charge is -2.09. The summed E-state index contributed by atoms with van der Waals surface area (Å²) in [6.45, 7) is 0.0787. The lowest BCUT2D eigenvalue weighted by Crippen LogP contribution is -2.16. The number of carbonyl (C=O) groups is 1. The third-order valence-corrected chi connectivity index (χ3v) is 1.96. The van der Waals surface area contributed by atoms with Gasteiger partial charge in [-0.25, -0.2) is 4.39 Å². The lowest BCUT2D eigenvalue weighted by molar-refractivity contribution is -0.139. The molecule has 5 heteroatoms. The fourth-order valence-corrected chi connectivity index (χ4v) is 1.17. The molecule has 88 valence electrons. The van der Waals surface area contributed by atoms with Gasteiger partial charge in [0.25, 0.3) is 0 Å². The summed E-state index contributed by atoms with van der Waals surface area (Å²) in [5, 5.41) is 17.6. The highest BCUT2D eigenvalue weighted by Gasteiger charge is 2.10. The second-order valence-corrected chi connectivity index (χ2v) is 3.32. The molecule has 0 bridgehead atoms. The van der Waals surface area contributed by atoms with Gasteiger partial charge in [0.05, 0.1) is 19.1 Å². The van der Waals surface area contributed by atoms with E-state index in [0.717, 1.165) is 0 Å². The zero-order chi connectivity index (χ0) is 12.0. The molecule has 0 spiro atoms. The second kappa shape index (κ2) is 6.07. The van der Waals surface area contributed by atoms with Crippen LogP contribution in [0.5, 0.6) is 5.75 Å². The summed E-state index contributed by atoms with van der Waals surface area (Å²) >= 11 is 0. The largest absolute Gasteiger partial charge is 0.490 e. The van der Waals surface area contributed by atoms with Gasteiger partial charge in [-0.1, -0.05) is 12.1 Å². The number of rotatable bonds is 6. The maximum atomic E-state index is 13.0. The molecule has 2 N–H and O–H groups in total. The standard InChI is InChI=1S/C11H13FO4/c12-9-3-1-2-4-10(9)16-6-5-8(13)7-11(14)15/h1-4,8,13H,5-7H2,(H,14,15). The molecule has 0 aliphatic carbocycles. The number of benzene rings is 1. The first-order valence-electron chi connectivity index (χ1n) is 4.87. The molecule has 0 aliphatic rings. The number of aliphatic hydroxyl groups excluding tert-OH is 1. The van der Waals surface area contributed by atoms with Crippen molar-refractivity contribution in [2.75, 3.05) is 6.61 Å². The quantitative estimate of drug-likeness (QED) is 0.773. The Kier molecular flexibility index (Phi) is 4.72. The van der Waals surface area contributed by atoms with Crippen molar-refractivity contribution in [1.29, 1.82) is 0 Å². The highest BCUT2D eigenvalue weighted by Crippen LogP contribution is 2.15. The zero-order valence-corrected chi connectivity index (χ0v) is 8.60. The minimum absolute atomic E-state index is 0.0787. The second-order valence-electron chi connectivity index (χ2n) is 3.32. The molecule has 1 atom stereocenters. The molecule has 16 heavy (non-hydrogen) atoms. The molecule has 4 nitrogen and oxygen atoms in total. The first-order chi connectivity index (χ1) is 7.59. The van der Waals surface area contributed by atoms with Gasteiger partial charge in [-0.2, -0.15) is 0 Å². The number of carboxylic acids is 1. The van der Waals surface area contributed by atoms with Crippen LogP contribution in [-0.4, -0.2) is 28.9 Å². The predicted molar refractivity (Wildman–Crippen MR) is 54.8 cm³/mol. The smallest absolute Gasteiger partial charge is 0.305 e. The Labute approximate surface area is 92.3 Å². The van der Waals surface area contributed by atoms with E-state index in [1.54, 1.807) is 12.1 Å². The van der Waals surface area contributed by atoms with Gasteiger partial charge in [0.15, 0.2) is 11.6 Å². The Morgan fingerprint density at radius 2 is 2.12 bits per heavy atom. The summed E-state index contributed by atoms with van der Waals surface area (Å²) in [5.74, 6) is -1.45. The van der Waals surface area contributed by atoms with E-state index in [0.29, 0.717) is 0 Å². The third-order valence-electron chi connectivity index (χ3n) is 1.96. The van der Waals surface area contributed by atoms with Gasteiger partial charge >= 0.3 is 5.97 Å². The van der Waals surface area contributed by atoms with Gasteiger partial charge in [-0.15, -0.1) is 0 Å². The van der Waals surface area contributed by atoms with Crippen LogP contribution in [-0.2, 0) is 4.79 Å². The van der Waals surface area contributed by atoms with Crippen molar-refractivity contribution < 1.29 is 24.1 Å². The summed E-state index contributed by atoms with van der Waals surface area (Å²) in [6.07, 6.45) is -1.15. The monoisotopic (exact) mass is 228 g/mol. The number of hydrogen-bond acceptors (Lipinski definition) is 3. The summed E-state index contributed by atoms with van der Waals surface area (Å²) < 4.78 is 18.1. The summed E-state index contributed by atoms with van der Waals surface area (Å²) in [4.78, 5) is 10.2. The SMILES string of the molecule is O=C(O)CC(O)CCOc1ccccc1F. The van der Waals surface area contributed by atoms with Gasteiger partial charge in [-0.05, 0) is 12.1 Å². The van der Waals surface area contributed by atoms with E-state index < -0.39 is 17.9 Å². The molecule has 0 aromatic heterocycles. The number of aliphatic hydroxyl groups is 1. The minimum Gasteiger partial charge on any atom is -0.490 e. The van der Waals surface area contributed by atoms with Gasteiger partial charge in [0, 0.05) is 6.42 Å². The van der Waals surface area contributed by atoms with Crippen molar-refractivity contribution in [3.63, 3.8) is 0 Å². The summed E-state index contributed by atoms with van der Waals surface area (Å²) in [6, 6.07) is 5.91. The molecule has 0 radical (unpaired) electrons. The van der Waals surface area contributed by atoms with Crippen molar-refractivity contribution in [2.24, 2.45) is 0 Å². The molecule has 0 fully saturated rings. The van der Waals surface area contributed by atoms with Crippen LogP contribution in [0.25, 0.3) is 0 Å². The Balaban J connectivity index is 2.30. The van der Waals surface area contributed by atoms with Crippen LogP contribution in [0.4, 0.5) is 4.39 Å². The van der Waals surface area contributed by atoms with Crippen LogP contribution in [0, 0.1) is 5.82 Å².